The fraction of sp³-hybridized carbons (Fsp3) is 0.467. The van der Waals surface area contributed by atoms with Gasteiger partial charge in [-0.1, -0.05) is 31.6 Å². The number of nitrogens with zero attached hydrogens (tertiary/aromatic N) is 1. The number of rotatable bonds is 6. The van der Waals surface area contributed by atoms with E-state index in [-0.39, 0.29) is 12.5 Å². The van der Waals surface area contributed by atoms with E-state index in [1.54, 1.807) is 18.3 Å². The number of pyridine rings is 1. The number of hydrogen-bond acceptors (Lipinski definition) is 3. The first kappa shape index (κ1) is 15.2. The van der Waals surface area contributed by atoms with Crippen LogP contribution in [-0.4, -0.2) is 29.1 Å². The number of carbonyl (C=O) groups excluding carboxylic acids is 1. The van der Waals surface area contributed by atoms with Crippen molar-refractivity contribution in [2.45, 2.75) is 32.6 Å². The number of amides is 1. The number of aliphatic hydroxyl groups is 1. The Morgan fingerprint density at radius 2 is 2.32 bits per heavy atom. The summed E-state index contributed by atoms with van der Waals surface area (Å²) in [6, 6.07) is 3.51. The smallest absolute Gasteiger partial charge is 0.271 e. The molecule has 0 saturated heterocycles. The van der Waals surface area contributed by atoms with Crippen molar-refractivity contribution in [1.82, 2.24) is 10.3 Å². The van der Waals surface area contributed by atoms with Crippen LogP contribution in [0.5, 0.6) is 0 Å². The molecule has 4 nitrogen and oxygen atoms in total. The Hall–Kier alpha value is -1.86. The van der Waals surface area contributed by atoms with Crippen molar-refractivity contribution in [3.05, 3.63) is 29.6 Å². The highest BCUT2D eigenvalue weighted by atomic mass is 16.2. The number of aromatic nitrogens is 1. The molecule has 0 bridgehead atoms. The molecule has 0 aliphatic rings. The fourth-order valence-electron chi connectivity index (χ4n) is 1.56. The molecular weight excluding hydrogens is 240 g/mol. The topological polar surface area (TPSA) is 62.2 Å². The highest BCUT2D eigenvalue weighted by Gasteiger charge is 2.10. The molecule has 1 aromatic heterocycles. The molecule has 0 aromatic carbocycles. The number of unbranched alkanes of at least 4 members (excludes halogenated alkanes) is 2. The molecule has 19 heavy (non-hydrogen) atoms. The molecule has 0 atom stereocenters. The van der Waals surface area contributed by atoms with Gasteiger partial charge in [-0.05, 0) is 18.6 Å². The number of carbonyl (C=O) groups is 1. The molecule has 0 aliphatic heterocycles. The first-order valence-corrected chi connectivity index (χ1v) is 6.62. The average molecular weight is 260 g/mol. The fourth-order valence-corrected chi connectivity index (χ4v) is 1.56. The van der Waals surface area contributed by atoms with Crippen molar-refractivity contribution >= 4 is 5.91 Å². The summed E-state index contributed by atoms with van der Waals surface area (Å²) in [6.45, 7) is 2.80. The Balaban J connectivity index is 2.66. The summed E-state index contributed by atoms with van der Waals surface area (Å²) in [5.41, 5.74) is 0.952. The van der Waals surface area contributed by atoms with E-state index in [1.165, 1.54) is 0 Å². The molecule has 1 rings (SSSR count). The van der Waals surface area contributed by atoms with E-state index in [2.05, 4.69) is 29.1 Å². The lowest BCUT2D eigenvalue weighted by Gasteiger charge is -2.05. The van der Waals surface area contributed by atoms with Crippen LogP contribution in [0.25, 0.3) is 0 Å². The second-order valence-corrected chi connectivity index (χ2v) is 4.14. The van der Waals surface area contributed by atoms with E-state index < -0.39 is 0 Å². The molecule has 1 heterocycles. The van der Waals surface area contributed by atoms with Crippen molar-refractivity contribution in [2.75, 3.05) is 13.2 Å². The van der Waals surface area contributed by atoms with Gasteiger partial charge < -0.3 is 10.4 Å². The predicted molar refractivity (Wildman–Crippen MR) is 74.7 cm³/mol. The quantitative estimate of drug-likeness (QED) is 0.605. The minimum absolute atomic E-state index is 0.0197. The minimum Gasteiger partial charge on any atom is -0.395 e. The van der Waals surface area contributed by atoms with Crippen LogP contribution in [0.2, 0.25) is 0 Å². The van der Waals surface area contributed by atoms with Gasteiger partial charge in [-0.15, -0.1) is 0 Å². The second kappa shape index (κ2) is 9.12. The van der Waals surface area contributed by atoms with Crippen LogP contribution in [0.3, 0.4) is 0 Å². The molecule has 4 heteroatoms. The van der Waals surface area contributed by atoms with E-state index in [0.717, 1.165) is 19.3 Å². The number of nitrogens with one attached hydrogen (secondary N) is 1. The third-order valence-corrected chi connectivity index (χ3v) is 2.55. The standard InChI is InChI=1S/C15H20N2O2/c1-2-3-5-10-17-15(19)14-13(8-4-6-12-18)9-7-11-16-14/h7,9,11,18H,2-3,5-6,10,12H2,1H3,(H,17,19). The lowest BCUT2D eigenvalue weighted by Crippen LogP contribution is -2.26. The van der Waals surface area contributed by atoms with Crippen molar-refractivity contribution in [1.29, 1.82) is 0 Å². The molecule has 1 aromatic rings. The SMILES string of the molecule is CCCCCNC(=O)c1ncccc1C#CCCO. The average Bonchev–Trinajstić information content (AvgIpc) is 2.44. The first-order valence-electron chi connectivity index (χ1n) is 6.62. The summed E-state index contributed by atoms with van der Waals surface area (Å²) in [5.74, 6) is 5.48. The van der Waals surface area contributed by atoms with Crippen LogP contribution < -0.4 is 5.32 Å². The highest BCUT2D eigenvalue weighted by molar-refractivity contribution is 5.94. The molecule has 0 radical (unpaired) electrons. The summed E-state index contributed by atoms with van der Waals surface area (Å²) in [4.78, 5) is 16.0. The lowest BCUT2D eigenvalue weighted by molar-refractivity contribution is 0.0947. The summed E-state index contributed by atoms with van der Waals surface area (Å²) < 4.78 is 0. The Morgan fingerprint density at radius 1 is 1.47 bits per heavy atom. The number of aliphatic hydroxyl groups excluding tert-OH is 1. The van der Waals surface area contributed by atoms with E-state index in [1.807, 2.05) is 0 Å². The van der Waals surface area contributed by atoms with Gasteiger partial charge in [0.1, 0.15) is 5.69 Å². The van der Waals surface area contributed by atoms with Gasteiger partial charge >= 0.3 is 0 Å². The van der Waals surface area contributed by atoms with Gasteiger partial charge in [0.25, 0.3) is 5.91 Å². The molecule has 0 spiro atoms. The third-order valence-electron chi connectivity index (χ3n) is 2.55. The maximum atomic E-state index is 12.0. The first-order chi connectivity index (χ1) is 9.29. The van der Waals surface area contributed by atoms with Gasteiger partial charge in [-0.3, -0.25) is 4.79 Å². The normalized spacial score (nSPS) is 9.58. The molecule has 0 fully saturated rings. The van der Waals surface area contributed by atoms with E-state index >= 15 is 0 Å². The van der Waals surface area contributed by atoms with Crippen LogP contribution >= 0.6 is 0 Å². The molecule has 102 valence electrons. The molecular formula is C15H20N2O2. The lowest BCUT2D eigenvalue weighted by atomic mass is 10.1. The Bertz CT molecular complexity index is 461. The van der Waals surface area contributed by atoms with Gasteiger partial charge in [0.05, 0.1) is 12.2 Å². The monoisotopic (exact) mass is 260 g/mol. The third kappa shape index (κ3) is 5.54. The molecule has 0 saturated carbocycles. The maximum Gasteiger partial charge on any atom is 0.271 e. The van der Waals surface area contributed by atoms with Gasteiger partial charge in [-0.2, -0.15) is 0 Å². The van der Waals surface area contributed by atoms with E-state index in [4.69, 9.17) is 5.11 Å². The zero-order valence-electron chi connectivity index (χ0n) is 11.3. The molecule has 1 amide bonds. The largest absolute Gasteiger partial charge is 0.395 e. The highest BCUT2D eigenvalue weighted by Crippen LogP contribution is 2.04. The van der Waals surface area contributed by atoms with Gasteiger partial charge in [0, 0.05) is 19.2 Å². The van der Waals surface area contributed by atoms with Gasteiger partial charge in [-0.25, -0.2) is 4.98 Å². The Morgan fingerprint density at radius 3 is 3.05 bits per heavy atom. The maximum absolute atomic E-state index is 12.0. The predicted octanol–water partition coefficient (Wildman–Crippen LogP) is 1.74. The summed E-state index contributed by atoms with van der Waals surface area (Å²) >= 11 is 0. The Labute approximate surface area is 114 Å². The van der Waals surface area contributed by atoms with E-state index in [0.29, 0.717) is 24.2 Å². The summed E-state index contributed by atoms with van der Waals surface area (Å²) in [7, 11) is 0. The van der Waals surface area contributed by atoms with Crippen LogP contribution in [0.1, 0.15) is 48.7 Å². The van der Waals surface area contributed by atoms with Crippen LogP contribution in [-0.2, 0) is 0 Å². The Kier molecular flexibility index (Phi) is 7.30. The zero-order chi connectivity index (χ0) is 13.9. The van der Waals surface area contributed by atoms with Crippen molar-refractivity contribution < 1.29 is 9.90 Å². The molecule has 0 aliphatic carbocycles. The van der Waals surface area contributed by atoms with Crippen molar-refractivity contribution in [3.63, 3.8) is 0 Å². The summed E-state index contributed by atoms with van der Waals surface area (Å²) in [6.07, 6.45) is 5.17. The van der Waals surface area contributed by atoms with E-state index in [9.17, 15) is 4.79 Å². The second-order valence-electron chi connectivity index (χ2n) is 4.14. The van der Waals surface area contributed by atoms with Crippen molar-refractivity contribution in [2.24, 2.45) is 0 Å². The van der Waals surface area contributed by atoms with Crippen molar-refractivity contribution in [3.8, 4) is 11.8 Å². The minimum atomic E-state index is -0.190. The van der Waals surface area contributed by atoms with Crippen LogP contribution in [0.4, 0.5) is 0 Å². The zero-order valence-corrected chi connectivity index (χ0v) is 11.3. The van der Waals surface area contributed by atoms with Gasteiger partial charge in [0.15, 0.2) is 0 Å². The van der Waals surface area contributed by atoms with Crippen LogP contribution in [0.15, 0.2) is 18.3 Å². The molecule has 0 unspecified atom stereocenters. The molecule has 2 N–H and O–H groups in total. The number of hydrogen-bond donors (Lipinski definition) is 2. The summed E-state index contributed by atoms with van der Waals surface area (Å²) in [5, 5.41) is 11.5. The van der Waals surface area contributed by atoms with Gasteiger partial charge in [0.2, 0.25) is 0 Å². The van der Waals surface area contributed by atoms with Crippen LogP contribution in [0, 0.1) is 11.8 Å².